The van der Waals surface area contributed by atoms with Crippen LogP contribution in [0.1, 0.15) is 38.9 Å². The summed E-state index contributed by atoms with van der Waals surface area (Å²) in [7, 11) is 0. The molecule has 4 heteroatoms. The SMILES string of the molecule is CCOC1CC(NCC(O)c2ccccc2F)C1(C)C. The second kappa shape index (κ2) is 6.20. The van der Waals surface area contributed by atoms with Crippen molar-refractivity contribution in [2.45, 2.75) is 45.4 Å². The quantitative estimate of drug-likeness (QED) is 0.842. The molecule has 3 unspecified atom stereocenters. The number of ether oxygens (including phenoxy) is 1. The zero-order chi connectivity index (χ0) is 14.8. The van der Waals surface area contributed by atoms with Gasteiger partial charge in [-0.2, -0.15) is 0 Å². The summed E-state index contributed by atoms with van der Waals surface area (Å²) in [4.78, 5) is 0. The Balaban J connectivity index is 1.86. The van der Waals surface area contributed by atoms with Crippen molar-refractivity contribution in [2.75, 3.05) is 13.2 Å². The summed E-state index contributed by atoms with van der Waals surface area (Å²) in [5, 5.41) is 13.4. The number of hydrogen-bond acceptors (Lipinski definition) is 3. The number of aliphatic hydroxyl groups excluding tert-OH is 1. The van der Waals surface area contributed by atoms with Crippen LogP contribution in [0.25, 0.3) is 0 Å². The average Bonchev–Trinajstić information content (AvgIpc) is 2.42. The van der Waals surface area contributed by atoms with E-state index in [1.54, 1.807) is 18.2 Å². The highest BCUT2D eigenvalue weighted by Crippen LogP contribution is 2.42. The molecule has 1 aliphatic rings. The van der Waals surface area contributed by atoms with Crippen LogP contribution >= 0.6 is 0 Å². The molecule has 0 amide bonds. The molecule has 1 aliphatic carbocycles. The molecule has 0 bridgehead atoms. The maximum absolute atomic E-state index is 13.6. The molecular formula is C16H24FNO2. The number of halogens is 1. The summed E-state index contributed by atoms with van der Waals surface area (Å²) < 4.78 is 19.2. The first kappa shape index (κ1) is 15.4. The summed E-state index contributed by atoms with van der Waals surface area (Å²) in [5.41, 5.74) is 0.392. The summed E-state index contributed by atoms with van der Waals surface area (Å²) in [6.45, 7) is 7.39. The summed E-state index contributed by atoms with van der Waals surface area (Å²) in [5.74, 6) is -0.359. The smallest absolute Gasteiger partial charge is 0.129 e. The summed E-state index contributed by atoms with van der Waals surface area (Å²) in [6, 6.07) is 6.65. The van der Waals surface area contributed by atoms with Gasteiger partial charge in [-0.1, -0.05) is 32.0 Å². The minimum Gasteiger partial charge on any atom is -0.387 e. The van der Waals surface area contributed by atoms with Crippen LogP contribution < -0.4 is 5.32 Å². The lowest BCUT2D eigenvalue weighted by molar-refractivity contribution is -0.115. The highest BCUT2D eigenvalue weighted by molar-refractivity contribution is 5.20. The van der Waals surface area contributed by atoms with Gasteiger partial charge in [-0.05, 0) is 19.4 Å². The van der Waals surface area contributed by atoms with Gasteiger partial charge in [-0.15, -0.1) is 0 Å². The zero-order valence-electron chi connectivity index (χ0n) is 12.4. The molecule has 0 aliphatic heterocycles. The Morgan fingerprint density at radius 2 is 2.15 bits per heavy atom. The first-order valence-corrected chi connectivity index (χ1v) is 7.24. The lowest BCUT2D eigenvalue weighted by Gasteiger charge is -2.52. The number of benzene rings is 1. The molecule has 20 heavy (non-hydrogen) atoms. The van der Waals surface area contributed by atoms with Crippen molar-refractivity contribution < 1.29 is 14.2 Å². The third-order valence-corrected chi connectivity index (χ3v) is 4.37. The van der Waals surface area contributed by atoms with Crippen LogP contribution in [0.2, 0.25) is 0 Å². The molecule has 0 spiro atoms. The molecule has 3 atom stereocenters. The highest BCUT2D eigenvalue weighted by Gasteiger charge is 2.48. The number of aliphatic hydroxyl groups is 1. The number of rotatable bonds is 6. The van der Waals surface area contributed by atoms with Crippen molar-refractivity contribution >= 4 is 0 Å². The Labute approximate surface area is 120 Å². The topological polar surface area (TPSA) is 41.5 Å². The van der Waals surface area contributed by atoms with E-state index in [0.29, 0.717) is 18.2 Å². The van der Waals surface area contributed by atoms with Crippen LogP contribution in [0.3, 0.4) is 0 Å². The lowest BCUT2D eigenvalue weighted by Crippen LogP contribution is -2.61. The fourth-order valence-corrected chi connectivity index (χ4v) is 2.83. The van der Waals surface area contributed by atoms with Crippen molar-refractivity contribution in [1.82, 2.24) is 5.32 Å². The van der Waals surface area contributed by atoms with Crippen LogP contribution in [0.5, 0.6) is 0 Å². The fourth-order valence-electron chi connectivity index (χ4n) is 2.83. The lowest BCUT2D eigenvalue weighted by atomic mass is 9.64. The van der Waals surface area contributed by atoms with Crippen LogP contribution in [0, 0.1) is 11.2 Å². The van der Waals surface area contributed by atoms with Gasteiger partial charge < -0.3 is 15.2 Å². The summed E-state index contributed by atoms with van der Waals surface area (Å²) >= 11 is 0. The molecule has 1 aromatic carbocycles. The Hall–Kier alpha value is -0.970. The Morgan fingerprint density at radius 3 is 2.75 bits per heavy atom. The molecule has 1 saturated carbocycles. The molecule has 0 saturated heterocycles. The molecular weight excluding hydrogens is 257 g/mol. The fraction of sp³-hybridized carbons (Fsp3) is 0.625. The van der Waals surface area contributed by atoms with E-state index in [9.17, 15) is 9.50 Å². The number of nitrogens with one attached hydrogen (secondary N) is 1. The first-order valence-electron chi connectivity index (χ1n) is 7.24. The maximum atomic E-state index is 13.6. The molecule has 0 heterocycles. The Kier molecular flexibility index (Phi) is 4.78. The van der Waals surface area contributed by atoms with Gasteiger partial charge in [0.1, 0.15) is 5.82 Å². The first-order chi connectivity index (χ1) is 9.46. The van der Waals surface area contributed by atoms with E-state index in [4.69, 9.17) is 4.74 Å². The molecule has 1 fully saturated rings. The van der Waals surface area contributed by atoms with Gasteiger partial charge in [-0.25, -0.2) is 4.39 Å². The van der Waals surface area contributed by atoms with Gasteiger partial charge in [0.25, 0.3) is 0 Å². The molecule has 2 N–H and O–H groups in total. The van der Waals surface area contributed by atoms with Gasteiger partial charge in [-0.3, -0.25) is 0 Å². The van der Waals surface area contributed by atoms with E-state index in [1.165, 1.54) is 6.07 Å². The standard InChI is InChI=1S/C16H24FNO2/c1-4-20-15-9-14(16(15,2)3)18-10-13(19)11-7-5-6-8-12(11)17/h5-8,13-15,18-19H,4,9-10H2,1-3H3. The van der Waals surface area contributed by atoms with Crippen LogP contribution in [0.4, 0.5) is 4.39 Å². The number of hydrogen-bond donors (Lipinski definition) is 2. The van der Waals surface area contributed by atoms with Gasteiger partial charge in [0, 0.05) is 30.2 Å². The van der Waals surface area contributed by atoms with Crippen molar-refractivity contribution in [3.05, 3.63) is 35.6 Å². The molecule has 0 aromatic heterocycles. The maximum Gasteiger partial charge on any atom is 0.129 e. The van der Waals surface area contributed by atoms with Gasteiger partial charge in [0.05, 0.1) is 12.2 Å². The van der Waals surface area contributed by atoms with E-state index in [-0.39, 0.29) is 17.3 Å². The third kappa shape index (κ3) is 3.03. The third-order valence-electron chi connectivity index (χ3n) is 4.37. The van der Waals surface area contributed by atoms with E-state index in [1.807, 2.05) is 6.92 Å². The molecule has 0 radical (unpaired) electrons. The minimum atomic E-state index is -0.821. The van der Waals surface area contributed by atoms with E-state index >= 15 is 0 Å². The van der Waals surface area contributed by atoms with Crippen molar-refractivity contribution in [1.29, 1.82) is 0 Å². The largest absolute Gasteiger partial charge is 0.387 e. The van der Waals surface area contributed by atoms with E-state index < -0.39 is 6.10 Å². The van der Waals surface area contributed by atoms with E-state index in [0.717, 1.165) is 13.0 Å². The second-order valence-corrected chi connectivity index (χ2v) is 6.00. The Morgan fingerprint density at radius 1 is 1.45 bits per heavy atom. The molecule has 112 valence electrons. The van der Waals surface area contributed by atoms with Crippen molar-refractivity contribution in [3.8, 4) is 0 Å². The average molecular weight is 281 g/mol. The van der Waals surface area contributed by atoms with E-state index in [2.05, 4.69) is 19.2 Å². The second-order valence-electron chi connectivity index (χ2n) is 6.00. The normalized spacial score (nSPS) is 26.1. The highest BCUT2D eigenvalue weighted by atomic mass is 19.1. The van der Waals surface area contributed by atoms with Crippen molar-refractivity contribution in [3.63, 3.8) is 0 Å². The van der Waals surface area contributed by atoms with Crippen LogP contribution in [0.15, 0.2) is 24.3 Å². The predicted molar refractivity (Wildman–Crippen MR) is 77.0 cm³/mol. The predicted octanol–water partition coefficient (Wildman–Crippen LogP) is 2.65. The minimum absolute atomic E-state index is 0.0466. The Bertz CT molecular complexity index is 450. The van der Waals surface area contributed by atoms with Gasteiger partial charge in [0.2, 0.25) is 0 Å². The monoisotopic (exact) mass is 281 g/mol. The molecule has 3 nitrogen and oxygen atoms in total. The van der Waals surface area contributed by atoms with Crippen LogP contribution in [-0.4, -0.2) is 30.4 Å². The zero-order valence-corrected chi connectivity index (χ0v) is 12.4. The van der Waals surface area contributed by atoms with Gasteiger partial charge >= 0.3 is 0 Å². The van der Waals surface area contributed by atoms with Crippen LogP contribution in [-0.2, 0) is 4.74 Å². The molecule has 1 aromatic rings. The summed E-state index contributed by atoms with van der Waals surface area (Å²) in [6.07, 6.45) is 0.374. The van der Waals surface area contributed by atoms with Crippen molar-refractivity contribution in [2.24, 2.45) is 5.41 Å². The molecule has 2 rings (SSSR count). The van der Waals surface area contributed by atoms with Gasteiger partial charge in [0.15, 0.2) is 0 Å².